The lowest BCUT2D eigenvalue weighted by Crippen LogP contribution is -1.97. The van der Waals surface area contributed by atoms with E-state index in [0.717, 1.165) is 22.4 Å². The maximum atomic E-state index is 4.59. The van der Waals surface area contributed by atoms with E-state index in [4.69, 9.17) is 0 Å². The minimum Gasteiger partial charge on any atom is -0.294 e. The van der Waals surface area contributed by atoms with Crippen molar-refractivity contribution >= 4 is 11.0 Å². The molecule has 2 aromatic heterocycles. The fourth-order valence-electron chi connectivity index (χ4n) is 2.81. The highest BCUT2D eigenvalue weighted by Gasteiger charge is 2.12. The van der Waals surface area contributed by atoms with Crippen LogP contribution in [0.1, 0.15) is 5.56 Å². The molecule has 2 aromatic carbocycles. The first-order chi connectivity index (χ1) is 10.8. The fraction of sp³-hybridized carbons (Fsp3) is 0.0500. The highest BCUT2D eigenvalue weighted by atomic mass is 15.0. The van der Waals surface area contributed by atoms with Crippen molar-refractivity contribution in [3.8, 4) is 16.9 Å². The van der Waals surface area contributed by atoms with Crippen LogP contribution in [0, 0.1) is 6.92 Å². The summed E-state index contributed by atoms with van der Waals surface area (Å²) < 4.78 is 2.23. The predicted octanol–water partition coefficient (Wildman–Crippen LogP) is 5.00. The second kappa shape index (κ2) is 5.15. The van der Waals surface area contributed by atoms with Crippen LogP contribution in [0.2, 0.25) is 0 Å². The molecular formula is C20H16N2. The summed E-state index contributed by atoms with van der Waals surface area (Å²) in [5.74, 6) is 0. The first-order valence-electron chi connectivity index (χ1n) is 7.42. The number of aromatic nitrogens is 2. The molecule has 0 saturated carbocycles. The summed E-state index contributed by atoms with van der Waals surface area (Å²) in [6, 6.07) is 25.3. The Morgan fingerprint density at radius 3 is 2.36 bits per heavy atom. The van der Waals surface area contributed by atoms with Crippen LogP contribution in [0.4, 0.5) is 0 Å². The minimum atomic E-state index is 0.991. The Bertz CT molecular complexity index is 919. The number of benzene rings is 2. The first kappa shape index (κ1) is 12.8. The number of fused-ring (bicyclic) bond motifs is 1. The summed E-state index contributed by atoms with van der Waals surface area (Å²) in [6.07, 6.45) is 1.85. The highest BCUT2D eigenvalue weighted by Crippen LogP contribution is 2.30. The van der Waals surface area contributed by atoms with Crippen LogP contribution in [-0.4, -0.2) is 9.55 Å². The Hall–Kier alpha value is -2.87. The molecule has 106 valence electrons. The molecule has 22 heavy (non-hydrogen) atoms. The number of rotatable bonds is 2. The standard InChI is InChI=1S/C20H16N2/c1-15-9-11-18(12-10-15)22-19(16-6-3-2-4-7-16)14-17-8-5-13-21-20(17)22/h2-14H,1H3. The third-order valence-electron chi connectivity index (χ3n) is 3.92. The van der Waals surface area contributed by atoms with E-state index < -0.39 is 0 Å². The predicted molar refractivity (Wildman–Crippen MR) is 91.2 cm³/mol. The van der Waals surface area contributed by atoms with Gasteiger partial charge in [-0.2, -0.15) is 0 Å². The third kappa shape index (κ3) is 2.09. The van der Waals surface area contributed by atoms with Gasteiger partial charge in [-0.25, -0.2) is 4.98 Å². The largest absolute Gasteiger partial charge is 0.294 e. The van der Waals surface area contributed by atoms with Gasteiger partial charge in [-0.05, 0) is 42.8 Å². The fourth-order valence-corrected chi connectivity index (χ4v) is 2.81. The first-order valence-corrected chi connectivity index (χ1v) is 7.42. The molecule has 4 rings (SSSR count). The van der Waals surface area contributed by atoms with Crippen molar-refractivity contribution in [3.05, 3.63) is 84.6 Å². The van der Waals surface area contributed by atoms with Crippen LogP contribution in [0.15, 0.2) is 79.0 Å². The molecule has 0 bridgehead atoms. The quantitative estimate of drug-likeness (QED) is 0.506. The lowest BCUT2D eigenvalue weighted by molar-refractivity contribution is 1.10. The summed E-state index contributed by atoms with van der Waals surface area (Å²) in [4.78, 5) is 4.59. The van der Waals surface area contributed by atoms with Gasteiger partial charge < -0.3 is 0 Å². The van der Waals surface area contributed by atoms with E-state index >= 15 is 0 Å². The second-order valence-electron chi connectivity index (χ2n) is 5.48. The number of pyridine rings is 1. The normalized spacial score (nSPS) is 11.0. The van der Waals surface area contributed by atoms with E-state index in [9.17, 15) is 0 Å². The molecule has 0 aliphatic heterocycles. The zero-order valence-electron chi connectivity index (χ0n) is 12.4. The van der Waals surface area contributed by atoms with Gasteiger partial charge in [-0.1, -0.05) is 48.0 Å². The van der Waals surface area contributed by atoms with Crippen molar-refractivity contribution in [3.63, 3.8) is 0 Å². The molecule has 0 spiro atoms. The van der Waals surface area contributed by atoms with Gasteiger partial charge in [0.25, 0.3) is 0 Å². The molecule has 2 heteroatoms. The minimum absolute atomic E-state index is 0.991. The number of nitrogens with zero attached hydrogens (tertiary/aromatic N) is 2. The maximum absolute atomic E-state index is 4.59. The van der Waals surface area contributed by atoms with Gasteiger partial charge >= 0.3 is 0 Å². The van der Waals surface area contributed by atoms with Crippen LogP contribution in [-0.2, 0) is 0 Å². The van der Waals surface area contributed by atoms with Crippen molar-refractivity contribution in [2.45, 2.75) is 6.92 Å². The van der Waals surface area contributed by atoms with Crippen molar-refractivity contribution in [2.24, 2.45) is 0 Å². The lowest BCUT2D eigenvalue weighted by Gasteiger charge is -2.11. The van der Waals surface area contributed by atoms with E-state index in [1.807, 2.05) is 18.3 Å². The van der Waals surface area contributed by atoms with Crippen molar-refractivity contribution in [2.75, 3.05) is 0 Å². The molecule has 2 nitrogen and oxygen atoms in total. The SMILES string of the molecule is Cc1ccc(-n2c(-c3ccccc3)cc3cccnc32)cc1. The van der Waals surface area contributed by atoms with Crippen molar-refractivity contribution in [1.29, 1.82) is 0 Å². The average molecular weight is 284 g/mol. The molecule has 0 aliphatic rings. The molecular weight excluding hydrogens is 268 g/mol. The smallest absolute Gasteiger partial charge is 0.144 e. The molecule has 0 fully saturated rings. The van der Waals surface area contributed by atoms with E-state index in [1.54, 1.807) is 0 Å². The van der Waals surface area contributed by atoms with Gasteiger partial charge in [0.1, 0.15) is 5.65 Å². The van der Waals surface area contributed by atoms with Crippen molar-refractivity contribution < 1.29 is 0 Å². The summed E-state index contributed by atoms with van der Waals surface area (Å²) in [5, 5.41) is 1.15. The molecule has 0 atom stereocenters. The molecule has 0 radical (unpaired) electrons. The van der Waals surface area contributed by atoms with Gasteiger partial charge in [0.2, 0.25) is 0 Å². The Balaban J connectivity index is 2.04. The summed E-state index contributed by atoms with van der Waals surface area (Å²) >= 11 is 0. The monoisotopic (exact) mass is 284 g/mol. The van der Waals surface area contributed by atoms with Crippen LogP contribution >= 0.6 is 0 Å². The van der Waals surface area contributed by atoms with Crippen LogP contribution < -0.4 is 0 Å². The summed E-state index contributed by atoms with van der Waals surface area (Å²) in [5.41, 5.74) is 5.75. The van der Waals surface area contributed by atoms with Crippen LogP contribution in [0.5, 0.6) is 0 Å². The Morgan fingerprint density at radius 1 is 0.818 bits per heavy atom. The van der Waals surface area contributed by atoms with Crippen LogP contribution in [0.25, 0.3) is 28.0 Å². The number of hydrogen-bond acceptors (Lipinski definition) is 1. The Labute approximate surface area is 129 Å². The molecule has 0 aliphatic carbocycles. The average Bonchev–Trinajstić information content (AvgIpc) is 2.96. The Kier molecular flexibility index (Phi) is 3.01. The molecule has 2 heterocycles. The maximum Gasteiger partial charge on any atom is 0.144 e. The van der Waals surface area contributed by atoms with E-state index in [0.29, 0.717) is 0 Å². The van der Waals surface area contributed by atoms with E-state index in [1.165, 1.54) is 11.1 Å². The lowest BCUT2D eigenvalue weighted by atomic mass is 10.1. The number of hydrogen-bond donors (Lipinski definition) is 0. The zero-order chi connectivity index (χ0) is 14.9. The highest BCUT2D eigenvalue weighted by molar-refractivity contribution is 5.86. The van der Waals surface area contributed by atoms with E-state index in [2.05, 4.69) is 77.1 Å². The summed E-state index contributed by atoms with van der Waals surface area (Å²) in [7, 11) is 0. The van der Waals surface area contributed by atoms with Crippen molar-refractivity contribution in [1.82, 2.24) is 9.55 Å². The Morgan fingerprint density at radius 2 is 1.59 bits per heavy atom. The van der Waals surface area contributed by atoms with Gasteiger partial charge in [-0.15, -0.1) is 0 Å². The molecule has 0 N–H and O–H groups in total. The van der Waals surface area contributed by atoms with Gasteiger partial charge in [0.05, 0.1) is 5.69 Å². The molecule has 4 aromatic rings. The third-order valence-corrected chi connectivity index (χ3v) is 3.92. The zero-order valence-corrected chi connectivity index (χ0v) is 12.4. The second-order valence-corrected chi connectivity index (χ2v) is 5.48. The van der Waals surface area contributed by atoms with E-state index in [-0.39, 0.29) is 0 Å². The molecule has 0 unspecified atom stereocenters. The summed E-state index contributed by atoms with van der Waals surface area (Å²) in [6.45, 7) is 2.11. The topological polar surface area (TPSA) is 17.8 Å². The molecule has 0 amide bonds. The van der Waals surface area contributed by atoms with Gasteiger partial charge in [0.15, 0.2) is 0 Å². The van der Waals surface area contributed by atoms with Gasteiger partial charge in [-0.3, -0.25) is 4.57 Å². The number of aryl methyl sites for hydroxylation is 1. The van der Waals surface area contributed by atoms with Crippen LogP contribution in [0.3, 0.4) is 0 Å². The molecule has 0 saturated heterocycles. The van der Waals surface area contributed by atoms with Gasteiger partial charge in [0, 0.05) is 17.3 Å².